The molecule has 1 N–H and O–H groups in total. The van der Waals surface area contributed by atoms with Gasteiger partial charge < -0.3 is 14.8 Å². The number of para-hydroxylation sites is 1. The molecular weight excluding hydrogens is 450 g/mol. The molecule has 2 aliphatic heterocycles. The van der Waals surface area contributed by atoms with Crippen LogP contribution in [-0.4, -0.2) is 16.8 Å². The van der Waals surface area contributed by atoms with Crippen molar-refractivity contribution in [1.82, 2.24) is 5.32 Å². The van der Waals surface area contributed by atoms with Crippen molar-refractivity contribution in [3.8, 4) is 11.5 Å². The molecule has 5 rings (SSSR count). The van der Waals surface area contributed by atoms with E-state index in [1.165, 1.54) is 11.8 Å². The second-order valence-corrected chi connectivity index (χ2v) is 9.30. The van der Waals surface area contributed by atoms with E-state index in [-0.39, 0.29) is 11.8 Å². The molecule has 3 aromatic carbocycles. The number of benzene rings is 3. The maximum Gasteiger partial charge on any atom is 0.263 e. The standard InChI is InChI=1S/C27H21NO3S2/c1-2-30-19-14-12-18(13-15-19)25-21(16-23-26(29)28-27(32)33-23)24(17-8-4-3-5-9-17)20-10-6-7-11-22(20)31-25/h3-16,24H,2H2,1H3,(H,28,29,32)/b23-16+/t24-/m1/s1. The molecule has 0 aromatic heterocycles. The SMILES string of the molecule is CCOc1ccc(C2=C(/C=C3/SC(=S)NC3=O)[C@H](c3ccccc3)c3ccccc3O2)cc1. The predicted molar refractivity (Wildman–Crippen MR) is 136 cm³/mol. The van der Waals surface area contributed by atoms with Crippen LogP contribution in [0.2, 0.25) is 0 Å². The molecule has 0 saturated carbocycles. The first-order chi connectivity index (χ1) is 16.1. The van der Waals surface area contributed by atoms with Gasteiger partial charge in [-0.3, -0.25) is 4.79 Å². The van der Waals surface area contributed by atoms with Gasteiger partial charge in [0.1, 0.15) is 21.6 Å². The molecule has 0 radical (unpaired) electrons. The van der Waals surface area contributed by atoms with E-state index < -0.39 is 0 Å². The van der Waals surface area contributed by atoms with Gasteiger partial charge in [-0.25, -0.2) is 0 Å². The van der Waals surface area contributed by atoms with Gasteiger partial charge in [-0.05, 0) is 48.9 Å². The number of hydrogen-bond donors (Lipinski definition) is 1. The van der Waals surface area contributed by atoms with Crippen LogP contribution in [0.25, 0.3) is 5.76 Å². The van der Waals surface area contributed by atoms with E-state index in [4.69, 9.17) is 21.7 Å². The van der Waals surface area contributed by atoms with Gasteiger partial charge in [-0.15, -0.1) is 0 Å². The lowest BCUT2D eigenvalue weighted by atomic mass is 9.81. The van der Waals surface area contributed by atoms with Crippen LogP contribution in [0.3, 0.4) is 0 Å². The van der Waals surface area contributed by atoms with Crippen molar-refractivity contribution in [3.63, 3.8) is 0 Å². The van der Waals surface area contributed by atoms with Crippen molar-refractivity contribution in [2.45, 2.75) is 12.8 Å². The highest BCUT2D eigenvalue weighted by atomic mass is 32.2. The maximum atomic E-state index is 12.5. The van der Waals surface area contributed by atoms with Gasteiger partial charge in [0.15, 0.2) is 0 Å². The lowest BCUT2D eigenvalue weighted by Gasteiger charge is -2.30. The molecule has 0 bridgehead atoms. The first-order valence-corrected chi connectivity index (χ1v) is 11.9. The molecule has 1 atom stereocenters. The summed E-state index contributed by atoms with van der Waals surface area (Å²) in [4.78, 5) is 13.1. The fourth-order valence-corrected chi connectivity index (χ4v) is 5.13. The van der Waals surface area contributed by atoms with Crippen molar-refractivity contribution < 1.29 is 14.3 Å². The number of allylic oxidation sites excluding steroid dienone is 2. The largest absolute Gasteiger partial charge is 0.494 e. The van der Waals surface area contributed by atoms with E-state index in [0.29, 0.717) is 21.6 Å². The monoisotopic (exact) mass is 471 g/mol. The van der Waals surface area contributed by atoms with Gasteiger partial charge in [-0.2, -0.15) is 0 Å². The minimum atomic E-state index is -0.186. The topological polar surface area (TPSA) is 47.6 Å². The summed E-state index contributed by atoms with van der Waals surface area (Å²) in [5.74, 6) is 2.02. The number of ether oxygens (including phenoxy) is 2. The van der Waals surface area contributed by atoms with Gasteiger partial charge in [0, 0.05) is 22.6 Å². The average Bonchev–Trinajstić information content (AvgIpc) is 3.16. The normalized spacial score (nSPS) is 18.7. The zero-order valence-corrected chi connectivity index (χ0v) is 19.5. The van der Waals surface area contributed by atoms with Crippen LogP contribution >= 0.6 is 24.0 Å². The maximum absolute atomic E-state index is 12.5. The summed E-state index contributed by atoms with van der Waals surface area (Å²) < 4.78 is 12.6. The van der Waals surface area contributed by atoms with Crippen LogP contribution in [-0.2, 0) is 4.79 Å². The Hall–Kier alpha value is -3.35. The lowest BCUT2D eigenvalue weighted by Crippen LogP contribution is -2.19. The Bertz CT molecular complexity index is 1280. The minimum absolute atomic E-state index is 0.104. The van der Waals surface area contributed by atoms with Crippen LogP contribution in [0, 0.1) is 0 Å². The van der Waals surface area contributed by atoms with Gasteiger partial charge in [0.25, 0.3) is 5.91 Å². The summed E-state index contributed by atoms with van der Waals surface area (Å²) in [6.45, 7) is 2.56. The molecule has 4 nitrogen and oxygen atoms in total. The molecule has 33 heavy (non-hydrogen) atoms. The van der Waals surface area contributed by atoms with Crippen LogP contribution < -0.4 is 14.8 Å². The number of carbonyl (C=O) groups excluding carboxylic acids is 1. The Morgan fingerprint density at radius 3 is 2.45 bits per heavy atom. The molecule has 6 heteroatoms. The van der Waals surface area contributed by atoms with Crippen LogP contribution in [0.4, 0.5) is 0 Å². The highest BCUT2D eigenvalue weighted by Crippen LogP contribution is 2.47. The molecule has 0 unspecified atom stereocenters. The summed E-state index contributed by atoms with van der Waals surface area (Å²) in [6, 6.07) is 26.2. The quantitative estimate of drug-likeness (QED) is 0.362. The Morgan fingerprint density at radius 2 is 1.76 bits per heavy atom. The van der Waals surface area contributed by atoms with E-state index >= 15 is 0 Å². The van der Waals surface area contributed by atoms with Gasteiger partial charge in [0.05, 0.1) is 11.5 Å². The Morgan fingerprint density at radius 1 is 1.03 bits per heavy atom. The summed E-state index contributed by atoms with van der Waals surface area (Å²) in [6.07, 6.45) is 1.92. The van der Waals surface area contributed by atoms with E-state index in [0.717, 1.165) is 33.8 Å². The number of thiocarbonyl (C=S) groups is 1. The van der Waals surface area contributed by atoms with Crippen LogP contribution in [0.1, 0.15) is 29.5 Å². The number of fused-ring (bicyclic) bond motifs is 1. The Labute approximate surface area is 202 Å². The molecule has 2 aliphatic rings. The smallest absolute Gasteiger partial charge is 0.263 e. The zero-order chi connectivity index (χ0) is 22.8. The zero-order valence-electron chi connectivity index (χ0n) is 17.9. The molecule has 0 aliphatic carbocycles. The molecule has 164 valence electrons. The number of hydrogen-bond acceptors (Lipinski definition) is 5. The van der Waals surface area contributed by atoms with E-state index in [2.05, 4.69) is 23.5 Å². The third-order valence-corrected chi connectivity index (χ3v) is 6.67. The number of amides is 1. The van der Waals surface area contributed by atoms with Gasteiger partial charge in [0.2, 0.25) is 0 Å². The van der Waals surface area contributed by atoms with Crippen molar-refractivity contribution in [1.29, 1.82) is 0 Å². The number of thioether (sulfide) groups is 1. The van der Waals surface area contributed by atoms with E-state index in [1.807, 2.05) is 73.7 Å². The second-order valence-electron chi connectivity index (χ2n) is 7.58. The van der Waals surface area contributed by atoms with Crippen molar-refractivity contribution in [2.24, 2.45) is 0 Å². The first kappa shape index (κ1) is 21.5. The highest BCUT2D eigenvalue weighted by Gasteiger charge is 2.32. The first-order valence-electron chi connectivity index (χ1n) is 10.7. The number of nitrogens with one attached hydrogen (secondary N) is 1. The fourth-order valence-electron chi connectivity index (χ4n) is 4.09. The molecule has 1 fully saturated rings. The molecular formula is C27H21NO3S2. The summed E-state index contributed by atoms with van der Waals surface area (Å²) in [5, 5.41) is 2.71. The third-order valence-electron chi connectivity index (χ3n) is 5.50. The van der Waals surface area contributed by atoms with Crippen molar-refractivity contribution >= 4 is 40.0 Å². The Kier molecular flexibility index (Phi) is 6.03. The second kappa shape index (κ2) is 9.25. The molecule has 1 saturated heterocycles. The van der Waals surface area contributed by atoms with Crippen molar-refractivity contribution in [3.05, 3.63) is 112 Å². The summed E-state index contributed by atoms with van der Waals surface area (Å²) in [5.41, 5.74) is 3.99. The Balaban J connectivity index is 1.73. The fraction of sp³-hybridized carbons (Fsp3) is 0.111. The summed E-state index contributed by atoms with van der Waals surface area (Å²) in [7, 11) is 0. The van der Waals surface area contributed by atoms with Gasteiger partial charge >= 0.3 is 0 Å². The van der Waals surface area contributed by atoms with Crippen LogP contribution in [0.5, 0.6) is 11.5 Å². The highest BCUT2D eigenvalue weighted by molar-refractivity contribution is 8.26. The molecule has 2 heterocycles. The lowest BCUT2D eigenvalue weighted by molar-refractivity contribution is -0.115. The number of rotatable bonds is 5. The molecule has 3 aromatic rings. The predicted octanol–water partition coefficient (Wildman–Crippen LogP) is 6.05. The number of carbonyl (C=O) groups is 1. The summed E-state index contributed by atoms with van der Waals surface area (Å²) >= 11 is 6.49. The van der Waals surface area contributed by atoms with E-state index in [9.17, 15) is 4.79 Å². The molecule has 1 amide bonds. The van der Waals surface area contributed by atoms with E-state index in [1.54, 1.807) is 0 Å². The third kappa shape index (κ3) is 4.32. The van der Waals surface area contributed by atoms with Crippen LogP contribution in [0.15, 0.2) is 95.4 Å². The average molecular weight is 472 g/mol. The van der Waals surface area contributed by atoms with Gasteiger partial charge in [-0.1, -0.05) is 72.5 Å². The minimum Gasteiger partial charge on any atom is -0.494 e. The van der Waals surface area contributed by atoms with Crippen molar-refractivity contribution in [2.75, 3.05) is 6.61 Å². The molecule has 0 spiro atoms.